The summed E-state index contributed by atoms with van der Waals surface area (Å²) in [6.45, 7) is 4.52. The summed E-state index contributed by atoms with van der Waals surface area (Å²) in [7, 11) is -3.00. The molecule has 1 aromatic carbocycles. The molecule has 5 nitrogen and oxygen atoms in total. The molecule has 0 bridgehead atoms. The molecule has 1 rings (SSSR count). The molecule has 19 heavy (non-hydrogen) atoms. The van der Waals surface area contributed by atoms with Gasteiger partial charge in [0.15, 0.2) is 11.5 Å². The predicted molar refractivity (Wildman–Crippen MR) is 75.3 cm³/mol. The molecule has 1 atom stereocenters. The van der Waals surface area contributed by atoms with Gasteiger partial charge < -0.3 is 15.2 Å². The second kappa shape index (κ2) is 6.77. The van der Waals surface area contributed by atoms with Crippen molar-refractivity contribution in [3.05, 3.63) is 23.8 Å². The van der Waals surface area contributed by atoms with Crippen LogP contribution in [0, 0.1) is 0 Å². The largest absolute Gasteiger partial charge is 0.504 e. The Labute approximate surface area is 114 Å². The first-order valence-corrected chi connectivity index (χ1v) is 8.24. The molecule has 0 heterocycles. The Bertz CT molecular complexity index is 513. The van der Waals surface area contributed by atoms with Gasteiger partial charge in [-0.3, -0.25) is 0 Å². The summed E-state index contributed by atoms with van der Waals surface area (Å²) in [4.78, 5) is 0. The standard InChI is InChI=1S/C13H21NO4S/c1-4-18-12-7-5-6-11(13(12)15)8-14-10(2)9-19(3,16)17/h5-7,10,14-15H,4,8-9H2,1-3H3. The van der Waals surface area contributed by atoms with Gasteiger partial charge >= 0.3 is 0 Å². The Morgan fingerprint density at radius 2 is 2.11 bits per heavy atom. The number of benzene rings is 1. The first-order valence-electron chi connectivity index (χ1n) is 6.18. The molecular weight excluding hydrogens is 266 g/mol. The smallest absolute Gasteiger partial charge is 0.162 e. The molecule has 0 spiro atoms. The lowest BCUT2D eigenvalue weighted by atomic mass is 10.1. The monoisotopic (exact) mass is 287 g/mol. The molecule has 0 saturated heterocycles. The molecule has 6 heteroatoms. The van der Waals surface area contributed by atoms with Crippen LogP contribution in [0.3, 0.4) is 0 Å². The number of phenolic OH excluding ortho intramolecular Hbond substituents is 1. The molecule has 0 amide bonds. The molecule has 1 aromatic rings. The third-order valence-electron chi connectivity index (χ3n) is 2.58. The SMILES string of the molecule is CCOc1cccc(CNC(C)CS(C)(=O)=O)c1O. The van der Waals surface area contributed by atoms with E-state index < -0.39 is 9.84 Å². The number of para-hydroxylation sites is 1. The van der Waals surface area contributed by atoms with E-state index in [1.807, 2.05) is 6.92 Å². The lowest BCUT2D eigenvalue weighted by Gasteiger charge is -2.14. The van der Waals surface area contributed by atoms with Gasteiger partial charge in [-0.1, -0.05) is 12.1 Å². The van der Waals surface area contributed by atoms with Gasteiger partial charge in [0.1, 0.15) is 9.84 Å². The quantitative estimate of drug-likeness (QED) is 0.791. The summed E-state index contributed by atoms with van der Waals surface area (Å²) in [6.07, 6.45) is 1.21. The van der Waals surface area contributed by atoms with E-state index in [0.29, 0.717) is 24.5 Å². The Morgan fingerprint density at radius 3 is 2.68 bits per heavy atom. The van der Waals surface area contributed by atoms with E-state index in [1.54, 1.807) is 25.1 Å². The fraction of sp³-hybridized carbons (Fsp3) is 0.538. The highest BCUT2D eigenvalue weighted by Crippen LogP contribution is 2.29. The maximum atomic E-state index is 11.1. The number of rotatable bonds is 7. The highest BCUT2D eigenvalue weighted by molar-refractivity contribution is 7.90. The zero-order valence-corrected chi connectivity index (χ0v) is 12.3. The Morgan fingerprint density at radius 1 is 1.42 bits per heavy atom. The fourth-order valence-corrected chi connectivity index (χ4v) is 2.81. The van der Waals surface area contributed by atoms with Crippen molar-refractivity contribution in [3.63, 3.8) is 0 Å². The zero-order chi connectivity index (χ0) is 14.5. The maximum absolute atomic E-state index is 11.1. The van der Waals surface area contributed by atoms with Crippen molar-refractivity contribution in [2.24, 2.45) is 0 Å². The molecule has 1 unspecified atom stereocenters. The van der Waals surface area contributed by atoms with Crippen LogP contribution in [0.5, 0.6) is 11.5 Å². The van der Waals surface area contributed by atoms with Crippen molar-refractivity contribution < 1.29 is 18.3 Å². The lowest BCUT2D eigenvalue weighted by Crippen LogP contribution is -2.32. The normalized spacial score (nSPS) is 13.2. The van der Waals surface area contributed by atoms with E-state index in [1.165, 1.54) is 6.26 Å². The van der Waals surface area contributed by atoms with E-state index in [0.717, 1.165) is 0 Å². The van der Waals surface area contributed by atoms with Gasteiger partial charge in [0.2, 0.25) is 0 Å². The minimum atomic E-state index is -3.00. The van der Waals surface area contributed by atoms with E-state index in [9.17, 15) is 13.5 Å². The highest BCUT2D eigenvalue weighted by Gasteiger charge is 2.12. The first kappa shape index (κ1) is 15.8. The summed E-state index contributed by atoms with van der Waals surface area (Å²) in [5, 5.41) is 13.1. The molecule has 2 N–H and O–H groups in total. The topological polar surface area (TPSA) is 75.6 Å². The second-order valence-electron chi connectivity index (χ2n) is 4.57. The van der Waals surface area contributed by atoms with Gasteiger partial charge in [-0.05, 0) is 19.9 Å². The maximum Gasteiger partial charge on any atom is 0.162 e. The van der Waals surface area contributed by atoms with E-state index >= 15 is 0 Å². The number of sulfone groups is 1. The van der Waals surface area contributed by atoms with E-state index in [-0.39, 0.29) is 17.5 Å². The van der Waals surface area contributed by atoms with Crippen molar-refractivity contribution >= 4 is 9.84 Å². The van der Waals surface area contributed by atoms with E-state index in [2.05, 4.69) is 5.32 Å². The second-order valence-corrected chi connectivity index (χ2v) is 6.76. The number of hydrogen-bond acceptors (Lipinski definition) is 5. The summed E-state index contributed by atoms with van der Waals surface area (Å²) >= 11 is 0. The molecular formula is C13H21NO4S. The average molecular weight is 287 g/mol. The van der Waals surface area contributed by atoms with Crippen LogP contribution in [0.1, 0.15) is 19.4 Å². The molecule has 0 aliphatic heterocycles. The van der Waals surface area contributed by atoms with Crippen molar-refractivity contribution in [1.29, 1.82) is 0 Å². The Hall–Kier alpha value is -1.27. The van der Waals surface area contributed by atoms with Gasteiger partial charge in [-0.25, -0.2) is 8.42 Å². The lowest BCUT2D eigenvalue weighted by molar-refractivity contribution is 0.316. The number of hydrogen-bond donors (Lipinski definition) is 2. The summed E-state index contributed by atoms with van der Waals surface area (Å²) < 4.78 is 27.6. The van der Waals surface area contributed by atoms with Crippen LogP contribution >= 0.6 is 0 Å². The van der Waals surface area contributed by atoms with Crippen LogP contribution < -0.4 is 10.1 Å². The van der Waals surface area contributed by atoms with Crippen molar-refractivity contribution in [1.82, 2.24) is 5.32 Å². The van der Waals surface area contributed by atoms with Crippen LogP contribution in [0.4, 0.5) is 0 Å². The summed E-state index contributed by atoms with van der Waals surface area (Å²) in [5.74, 6) is 0.611. The molecule has 0 aliphatic rings. The van der Waals surface area contributed by atoms with Crippen molar-refractivity contribution in [2.75, 3.05) is 18.6 Å². The molecule has 0 aromatic heterocycles. The molecule has 108 valence electrons. The summed E-state index contributed by atoms with van der Waals surface area (Å²) in [6, 6.07) is 5.09. The molecule has 0 saturated carbocycles. The highest BCUT2D eigenvalue weighted by atomic mass is 32.2. The van der Waals surface area contributed by atoms with Gasteiger partial charge in [-0.15, -0.1) is 0 Å². The number of aromatic hydroxyl groups is 1. The number of phenols is 1. The van der Waals surface area contributed by atoms with Crippen LogP contribution in [0.15, 0.2) is 18.2 Å². The molecule has 0 radical (unpaired) electrons. The molecule has 0 fully saturated rings. The van der Waals surface area contributed by atoms with Gasteiger partial charge in [0, 0.05) is 24.4 Å². The number of nitrogens with one attached hydrogen (secondary N) is 1. The zero-order valence-electron chi connectivity index (χ0n) is 11.5. The van der Waals surface area contributed by atoms with Crippen molar-refractivity contribution in [3.8, 4) is 11.5 Å². The Balaban J connectivity index is 2.65. The summed E-state index contributed by atoms with van der Waals surface area (Å²) in [5.41, 5.74) is 0.686. The van der Waals surface area contributed by atoms with Crippen LogP contribution in [0.2, 0.25) is 0 Å². The minimum absolute atomic E-state index is 0.0684. The van der Waals surface area contributed by atoms with Crippen LogP contribution in [0.25, 0.3) is 0 Å². The van der Waals surface area contributed by atoms with Crippen molar-refractivity contribution in [2.45, 2.75) is 26.4 Å². The van der Waals surface area contributed by atoms with E-state index in [4.69, 9.17) is 4.74 Å². The number of ether oxygens (including phenoxy) is 1. The van der Waals surface area contributed by atoms with Gasteiger partial charge in [-0.2, -0.15) is 0 Å². The Kier molecular flexibility index (Phi) is 5.62. The predicted octanol–water partition coefficient (Wildman–Crippen LogP) is 1.31. The minimum Gasteiger partial charge on any atom is -0.504 e. The molecule has 0 aliphatic carbocycles. The third-order valence-corrected chi connectivity index (χ3v) is 3.68. The third kappa shape index (κ3) is 5.48. The van der Waals surface area contributed by atoms with Crippen LogP contribution in [-0.2, 0) is 16.4 Å². The van der Waals surface area contributed by atoms with Crippen LogP contribution in [-0.4, -0.2) is 38.2 Å². The fourth-order valence-electron chi connectivity index (χ4n) is 1.78. The van der Waals surface area contributed by atoms with Gasteiger partial charge in [0.05, 0.1) is 12.4 Å². The first-order chi connectivity index (χ1) is 8.83. The van der Waals surface area contributed by atoms with Gasteiger partial charge in [0.25, 0.3) is 0 Å². The average Bonchev–Trinajstić information content (AvgIpc) is 2.28.